The molecule has 4 rings (SSSR count). The molecule has 4 amide bonds. The van der Waals surface area contributed by atoms with Crippen LogP contribution in [0.15, 0.2) is 41.0 Å². The van der Waals surface area contributed by atoms with Crippen LogP contribution in [0.25, 0.3) is 0 Å². The first-order valence-corrected chi connectivity index (χ1v) is 9.47. The number of benzene rings is 1. The Kier molecular flexibility index (Phi) is 4.45. The average molecular weight is 381 g/mol. The topological polar surface area (TPSA) is 91.7 Å². The Morgan fingerprint density at radius 2 is 2.07 bits per heavy atom. The molecule has 1 aromatic heterocycles. The quantitative estimate of drug-likeness (QED) is 0.778. The predicted molar refractivity (Wildman–Crippen MR) is 101 cm³/mol. The fraction of sp³-hybridized carbons (Fsp3) is 0.381. The number of nitrogens with one attached hydrogen (secondary N) is 2. The first kappa shape index (κ1) is 18.3. The number of rotatable bonds is 5. The first-order valence-electron chi connectivity index (χ1n) is 9.47. The maximum Gasteiger partial charge on any atom is 0.325 e. The Hall–Kier alpha value is -3.09. The van der Waals surface area contributed by atoms with E-state index >= 15 is 0 Å². The summed E-state index contributed by atoms with van der Waals surface area (Å²) in [4.78, 5) is 38.8. The molecule has 7 nitrogen and oxygen atoms in total. The molecule has 1 aliphatic heterocycles. The lowest BCUT2D eigenvalue weighted by atomic mass is 9.89. The molecule has 0 saturated carbocycles. The maximum atomic E-state index is 13.0. The second-order valence-electron chi connectivity index (χ2n) is 7.59. The van der Waals surface area contributed by atoms with Crippen LogP contribution in [0.4, 0.5) is 4.79 Å². The van der Waals surface area contributed by atoms with Gasteiger partial charge in [0, 0.05) is 0 Å². The summed E-state index contributed by atoms with van der Waals surface area (Å²) in [5, 5.41) is 5.51. The molecule has 2 N–H and O–H groups in total. The van der Waals surface area contributed by atoms with Crippen molar-refractivity contribution in [2.75, 3.05) is 6.54 Å². The van der Waals surface area contributed by atoms with Crippen LogP contribution in [0, 0.1) is 0 Å². The molecule has 2 aliphatic rings. The van der Waals surface area contributed by atoms with Gasteiger partial charge in [-0.05, 0) is 61.9 Å². The summed E-state index contributed by atoms with van der Waals surface area (Å²) in [5.74, 6) is -0.240. The van der Waals surface area contributed by atoms with Crippen LogP contribution in [-0.2, 0) is 28.0 Å². The molecule has 0 spiro atoms. The minimum absolute atomic E-state index is 0.337. The molecule has 28 heavy (non-hydrogen) atoms. The standard InChI is InChI=1S/C21H23N3O4/c1-13(17-7-4-10-28-17)22-18(25)12-24-19(26)21(2,23-20(24)27)16-9-8-14-5-3-6-15(14)11-16/h4,7-11,13H,3,5-6,12H2,1-2H3,(H,22,25)(H,23,27)/t13-,21-/m1/s1. The van der Waals surface area contributed by atoms with Gasteiger partial charge in [-0.1, -0.05) is 18.2 Å². The smallest absolute Gasteiger partial charge is 0.325 e. The number of aryl methyl sites for hydroxylation is 2. The zero-order valence-corrected chi connectivity index (χ0v) is 16.0. The van der Waals surface area contributed by atoms with Crippen molar-refractivity contribution in [3.05, 3.63) is 59.0 Å². The molecule has 146 valence electrons. The van der Waals surface area contributed by atoms with Crippen molar-refractivity contribution in [3.63, 3.8) is 0 Å². The summed E-state index contributed by atoms with van der Waals surface area (Å²) < 4.78 is 5.26. The molecule has 0 unspecified atom stereocenters. The average Bonchev–Trinajstić information content (AvgIpc) is 3.39. The molecular formula is C21H23N3O4. The van der Waals surface area contributed by atoms with Crippen LogP contribution < -0.4 is 10.6 Å². The third kappa shape index (κ3) is 3.06. The van der Waals surface area contributed by atoms with Gasteiger partial charge in [-0.3, -0.25) is 14.5 Å². The number of carbonyl (C=O) groups is 3. The molecule has 0 radical (unpaired) electrons. The van der Waals surface area contributed by atoms with Gasteiger partial charge in [-0.15, -0.1) is 0 Å². The van der Waals surface area contributed by atoms with Gasteiger partial charge in [0.2, 0.25) is 5.91 Å². The fourth-order valence-corrected chi connectivity index (χ4v) is 3.96. The van der Waals surface area contributed by atoms with Gasteiger partial charge >= 0.3 is 6.03 Å². The van der Waals surface area contributed by atoms with Crippen molar-refractivity contribution in [2.45, 2.75) is 44.7 Å². The number of nitrogens with zero attached hydrogens (tertiary/aromatic N) is 1. The van der Waals surface area contributed by atoms with Gasteiger partial charge in [0.15, 0.2) is 0 Å². The Bertz CT molecular complexity index is 937. The highest BCUT2D eigenvalue weighted by molar-refractivity contribution is 6.09. The van der Waals surface area contributed by atoms with Crippen LogP contribution in [0.3, 0.4) is 0 Å². The highest BCUT2D eigenvalue weighted by Gasteiger charge is 2.49. The van der Waals surface area contributed by atoms with Gasteiger partial charge in [-0.25, -0.2) is 4.79 Å². The normalized spacial score (nSPS) is 22.1. The maximum absolute atomic E-state index is 13.0. The van der Waals surface area contributed by atoms with Crippen LogP contribution >= 0.6 is 0 Å². The lowest BCUT2D eigenvalue weighted by molar-refractivity contribution is -0.135. The number of hydrogen-bond acceptors (Lipinski definition) is 4. The number of furan rings is 1. The number of fused-ring (bicyclic) bond motifs is 1. The molecular weight excluding hydrogens is 358 g/mol. The Labute approximate surface area is 163 Å². The van der Waals surface area contributed by atoms with E-state index in [-0.39, 0.29) is 12.6 Å². The van der Waals surface area contributed by atoms with Crippen LogP contribution in [0.5, 0.6) is 0 Å². The molecule has 1 saturated heterocycles. The largest absolute Gasteiger partial charge is 0.467 e. The van der Waals surface area contributed by atoms with Crippen molar-refractivity contribution in [1.82, 2.24) is 15.5 Å². The highest BCUT2D eigenvalue weighted by atomic mass is 16.3. The monoisotopic (exact) mass is 381 g/mol. The van der Waals surface area contributed by atoms with E-state index < -0.39 is 23.4 Å². The summed E-state index contributed by atoms with van der Waals surface area (Å²) in [7, 11) is 0. The summed E-state index contributed by atoms with van der Waals surface area (Å²) in [5.41, 5.74) is 2.11. The third-order valence-corrected chi connectivity index (χ3v) is 5.60. The Balaban J connectivity index is 1.48. The summed E-state index contributed by atoms with van der Waals surface area (Å²) in [6.07, 6.45) is 4.67. The van der Waals surface area contributed by atoms with Crippen molar-refractivity contribution in [1.29, 1.82) is 0 Å². The molecule has 2 atom stereocenters. The number of carbonyl (C=O) groups excluding carboxylic acids is 3. The van der Waals surface area contributed by atoms with Crippen LogP contribution in [0.1, 0.15) is 48.8 Å². The summed E-state index contributed by atoms with van der Waals surface area (Å²) in [6, 6.07) is 8.50. The summed E-state index contributed by atoms with van der Waals surface area (Å²) >= 11 is 0. The van der Waals surface area contributed by atoms with E-state index in [0.717, 1.165) is 29.7 Å². The van der Waals surface area contributed by atoms with Crippen LogP contribution in [0.2, 0.25) is 0 Å². The van der Waals surface area contributed by atoms with Crippen molar-refractivity contribution >= 4 is 17.8 Å². The lowest BCUT2D eigenvalue weighted by Gasteiger charge is -2.23. The predicted octanol–water partition coefficient (Wildman–Crippen LogP) is 2.41. The minimum Gasteiger partial charge on any atom is -0.467 e. The molecule has 1 fully saturated rings. The van der Waals surface area contributed by atoms with E-state index in [1.165, 1.54) is 17.4 Å². The molecule has 0 bridgehead atoms. The molecule has 7 heteroatoms. The van der Waals surface area contributed by atoms with Gasteiger partial charge in [0.05, 0.1) is 12.3 Å². The van der Waals surface area contributed by atoms with E-state index in [4.69, 9.17) is 4.42 Å². The highest BCUT2D eigenvalue weighted by Crippen LogP contribution is 2.32. The second-order valence-corrected chi connectivity index (χ2v) is 7.59. The zero-order chi connectivity index (χ0) is 19.9. The van der Waals surface area contributed by atoms with Crippen molar-refractivity contribution in [3.8, 4) is 0 Å². The minimum atomic E-state index is -1.17. The molecule has 1 aromatic carbocycles. The van der Waals surface area contributed by atoms with E-state index in [2.05, 4.69) is 10.6 Å². The summed E-state index contributed by atoms with van der Waals surface area (Å²) in [6.45, 7) is 3.13. The number of imide groups is 1. The zero-order valence-electron chi connectivity index (χ0n) is 16.0. The molecule has 1 aliphatic carbocycles. The number of amides is 4. The first-order chi connectivity index (χ1) is 13.4. The lowest BCUT2D eigenvalue weighted by Crippen LogP contribution is -2.43. The second kappa shape index (κ2) is 6.82. The number of hydrogen-bond donors (Lipinski definition) is 2. The van der Waals surface area contributed by atoms with E-state index in [9.17, 15) is 14.4 Å². The number of urea groups is 1. The Morgan fingerprint density at radius 1 is 1.29 bits per heavy atom. The van der Waals surface area contributed by atoms with Crippen molar-refractivity contribution < 1.29 is 18.8 Å². The SMILES string of the molecule is C[C@@H](NC(=O)CN1C(=O)N[C@](C)(c2ccc3c(c2)CCC3)C1=O)c1ccco1. The van der Waals surface area contributed by atoms with E-state index in [1.54, 1.807) is 26.0 Å². The molecule has 2 heterocycles. The third-order valence-electron chi connectivity index (χ3n) is 5.60. The Morgan fingerprint density at radius 3 is 2.82 bits per heavy atom. The van der Waals surface area contributed by atoms with Crippen molar-refractivity contribution in [2.24, 2.45) is 0 Å². The van der Waals surface area contributed by atoms with Crippen LogP contribution in [-0.4, -0.2) is 29.3 Å². The van der Waals surface area contributed by atoms with Gasteiger partial charge < -0.3 is 15.1 Å². The van der Waals surface area contributed by atoms with E-state index in [0.29, 0.717) is 5.76 Å². The van der Waals surface area contributed by atoms with Gasteiger partial charge in [-0.2, -0.15) is 0 Å². The molecule has 2 aromatic rings. The van der Waals surface area contributed by atoms with Gasteiger partial charge in [0.1, 0.15) is 17.8 Å². The van der Waals surface area contributed by atoms with E-state index in [1.807, 2.05) is 18.2 Å². The fourth-order valence-electron chi connectivity index (χ4n) is 3.96. The van der Waals surface area contributed by atoms with Gasteiger partial charge in [0.25, 0.3) is 5.91 Å².